The summed E-state index contributed by atoms with van der Waals surface area (Å²) in [6, 6.07) is 16.2. The predicted molar refractivity (Wildman–Crippen MR) is 88.9 cm³/mol. The lowest BCUT2D eigenvalue weighted by Crippen LogP contribution is -2.33. The zero-order chi connectivity index (χ0) is 15.2. The maximum absolute atomic E-state index is 10.3. The lowest BCUT2D eigenvalue weighted by atomic mass is 10.2. The summed E-state index contributed by atoms with van der Waals surface area (Å²) in [6.45, 7) is 4.71. The van der Waals surface area contributed by atoms with Crippen LogP contribution in [0.15, 0.2) is 54.7 Å². The average Bonchev–Trinajstić information content (AvgIpc) is 2.82. The molecule has 2 heterocycles. The van der Waals surface area contributed by atoms with Crippen LogP contribution in [0, 0.1) is 0 Å². The van der Waals surface area contributed by atoms with Crippen molar-refractivity contribution in [2.75, 3.05) is 37.6 Å². The summed E-state index contributed by atoms with van der Waals surface area (Å²) in [5.41, 5.74) is 2.04. The maximum Gasteiger partial charge on any atom is 0.109 e. The van der Waals surface area contributed by atoms with Gasteiger partial charge < -0.3 is 10.0 Å². The third-order valence-electron chi connectivity index (χ3n) is 4.17. The Balaban J connectivity index is 1.57. The molecule has 1 aliphatic rings. The van der Waals surface area contributed by atoms with E-state index in [4.69, 9.17) is 0 Å². The molecule has 4 nitrogen and oxygen atoms in total. The lowest BCUT2D eigenvalue weighted by molar-refractivity contribution is 0.113. The molecule has 1 fully saturated rings. The molecule has 1 atom stereocenters. The highest BCUT2D eigenvalue weighted by Crippen LogP contribution is 2.17. The molecule has 2 aromatic rings. The van der Waals surface area contributed by atoms with Gasteiger partial charge in [0.15, 0.2) is 0 Å². The number of rotatable bonds is 4. The van der Waals surface area contributed by atoms with Crippen LogP contribution in [0.3, 0.4) is 0 Å². The Morgan fingerprint density at radius 1 is 0.955 bits per heavy atom. The van der Waals surface area contributed by atoms with Gasteiger partial charge in [0, 0.05) is 44.6 Å². The maximum atomic E-state index is 10.3. The van der Waals surface area contributed by atoms with Crippen molar-refractivity contribution in [1.29, 1.82) is 0 Å². The van der Waals surface area contributed by atoms with E-state index in [1.807, 2.05) is 18.2 Å². The molecule has 1 aromatic carbocycles. The van der Waals surface area contributed by atoms with Crippen molar-refractivity contribution in [3.05, 3.63) is 60.4 Å². The van der Waals surface area contributed by atoms with Crippen molar-refractivity contribution >= 4 is 5.69 Å². The molecule has 0 aliphatic carbocycles. The van der Waals surface area contributed by atoms with Crippen LogP contribution in [0.2, 0.25) is 0 Å². The van der Waals surface area contributed by atoms with Crippen LogP contribution in [-0.4, -0.2) is 47.7 Å². The van der Waals surface area contributed by atoms with E-state index < -0.39 is 6.10 Å². The number of benzene rings is 1. The van der Waals surface area contributed by atoms with E-state index in [0.29, 0.717) is 6.54 Å². The van der Waals surface area contributed by atoms with E-state index in [1.165, 1.54) is 5.69 Å². The Bertz CT molecular complexity index is 561. The number of anilines is 1. The highest BCUT2D eigenvalue weighted by molar-refractivity contribution is 5.46. The van der Waals surface area contributed by atoms with E-state index in [-0.39, 0.29) is 0 Å². The molecule has 0 radical (unpaired) electrons. The van der Waals surface area contributed by atoms with E-state index >= 15 is 0 Å². The fourth-order valence-electron chi connectivity index (χ4n) is 2.96. The quantitative estimate of drug-likeness (QED) is 0.940. The lowest BCUT2D eigenvalue weighted by Gasteiger charge is -2.24. The summed E-state index contributed by atoms with van der Waals surface area (Å²) in [7, 11) is 0. The van der Waals surface area contributed by atoms with Gasteiger partial charge in [0.25, 0.3) is 0 Å². The first-order valence-electron chi connectivity index (χ1n) is 7.94. The van der Waals surface area contributed by atoms with Crippen LogP contribution >= 0.6 is 0 Å². The van der Waals surface area contributed by atoms with Crippen LogP contribution in [0.5, 0.6) is 0 Å². The number of nitrogens with zero attached hydrogens (tertiary/aromatic N) is 3. The summed E-state index contributed by atoms with van der Waals surface area (Å²) in [5, 5.41) is 10.3. The van der Waals surface area contributed by atoms with E-state index in [2.05, 4.69) is 45.1 Å². The fourth-order valence-corrected chi connectivity index (χ4v) is 2.96. The first kappa shape index (κ1) is 15.0. The Hall–Kier alpha value is -1.91. The molecule has 0 amide bonds. The summed E-state index contributed by atoms with van der Waals surface area (Å²) >= 11 is 0. The normalized spacial score (nSPS) is 18.0. The second-order valence-corrected chi connectivity index (χ2v) is 5.75. The summed E-state index contributed by atoms with van der Waals surface area (Å²) in [5.74, 6) is 0. The number of aliphatic hydroxyl groups is 1. The first-order valence-corrected chi connectivity index (χ1v) is 7.94. The van der Waals surface area contributed by atoms with Gasteiger partial charge in [-0.2, -0.15) is 0 Å². The molecule has 1 aliphatic heterocycles. The number of hydrogen-bond donors (Lipinski definition) is 1. The smallest absolute Gasteiger partial charge is 0.109 e. The average molecular weight is 297 g/mol. The number of hydrogen-bond acceptors (Lipinski definition) is 4. The minimum absolute atomic E-state index is 0.510. The third-order valence-corrected chi connectivity index (χ3v) is 4.17. The number of para-hydroxylation sites is 1. The summed E-state index contributed by atoms with van der Waals surface area (Å²) in [4.78, 5) is 9.00. The van der Waals surface area contributed by atoms with Gasteiger partial charge in [-0.05, 0) is 30.7 Å². The van der Waals surface area contributed by atoms with Crippen molar-refractivity contribution in [1.82, 2.24) is 9.88 Å². The Labute approximate surface area is 132 Å². The molecular formula is C18H23N3O. The van der Waals surface area contributed by atoms with Crippen LogP contribution in [0.1, 0.15) is 18.2 Å². The molecule has 1 unspecified atom stereocenters. The highest BCUT2D eigenvalue weighted by Gasteiger charge is 2.18. The SMILES string of the molecule is OC(CN1CCCN(c2ccccc2)CC1)c1ccccn1. The molecular weight excluding hydrogens is 274 g/mol. The van der Waals surface area contributed by atoms with E-state index in [1.54, 1.807) is 6.20 Å². The van der Waals surface area contributed by atoms with Crippen LogP contribution in [-0.2, 0) is 0 Å². The van der Waals surface area contributed by atoms with Crippen molar-refractivity contribution in [3.63, 3.8) is 0 Å². The topological polar surface area (TPSA) is 39.6 Å². The molecule has 1 saturated heterocycles. The summed E-state index contributed by atoms with van der Waals surface area (Å²) < 4.78 is 0. The van der Waals surface area contributed by atoms with Gasteiger partial charge in [-0.3, -0.25) is 9.88 Å². The first-order chi connectivity index (χ1) is 10.8. The zero-order valence-corrected chi connectivity index (χ0v) is 12.8. The van der Waals surface area contributed by atoms with Gasteiger partial charge in [-0.1, -0.05) is 24.3 Å². The zero-order valence-electron chi connectivity index (χ0n) is 12.8. The van der Waals surface area contributed by atoms with Crippen LogP contribution in [0.25, 0.3) is 0 Å². The van der Waals surface area contributed by atoms with Gasteiger partial charge in [-0.15, -0.1) is 0 Å². The van der Waals surface area contributed by atoms with Crippen LogP contribution < -0.4 is 4.90 Å². The molecule has 0 spiro atoms. The molecule has 4 heteroatoms. The van der Waals surface area contributed by atoms with E-state index in [0.717, 1.165) is 38.3 Å². The number of aromatic nitrogens is 1. The molecule has 0 bridgehead atoms. The Morgan fingerprint density at radius 3 is 2.55 bits per heavy atom. The molecule has 1 N–H and O–H groups in total. The van der Waals surface area contributed by atoms with Crippen molar-refractivity contribution in [2.45, 2.75) is 12.5 Å². The Kier molecular flexibility index (Phi) is 5.03. The van der Waals surface area contributed by atoms with Gasteiger partial charge in [0.1, 0.15) is 6.10 Å². The second-order valence-electron chi connectivity index (χ2n) is 5.75. The molecule has 1 aromatic heterocycles. The number of aliphatic hydroxyl groups excluding tert-OH is 1. The van der Waals surface area contributed by atoms with Gasteiger partial charge in [0.05, 0.1) is 5.69 Å². The standard InChI is InChI=1S/C18H23N3O/c22-18(17-9-4-5-10-19-17)15-20-11-6-12-21(14-13-20)16-7-2-1-3-8-16/h1-5,7-10,18,22H,6,11-15H2. The monoisotopic (exact) mass is 297 g/mol. The summed E-state index contributed by atoms with van der Waals surface area (Å²) in [6.07, 6.45) is 2.34. The van der Waals surface area contributed by atoms with E-state index in [9.17, 15) is 5.11 Å². The minimum Gasteiger partial charge on any atom is -0.385 e. The number of β-amino-alcohol motifs (C(OH)–C–C–N with tert-alkyl or cyclic N) is 1. The molecule has 0 saturated carbocycles. The fraction of sp³-hybridized carbons (Fsp3) is 0.389. The van der Waals surface area contributed by atoms with Crippen molar-refractivity contribution in [2.24, 2.45) is 0 Å². The van der Waals surface area contributed by atoms with Crippen molar-refractivity contribution in [3.8, 4) is 0 Å². The largest absolute Gasteiger partial charge is 0.385 e. The second kappa shape index (κ2) is 7.38. The predicted octanol–water partition coefficient (Wildman–Crippen LogP) is 2.33. The van der Waals surface area contributed by atoms with Crippen LogP contribution in [0.4, 0.5) is 5.69 Å². The van der Waals surface area contributed by atoms with Gasteiger partial charge in [0.2, 0.25) is 0 Å². The molecule has 3 rings (SSSR count). The highest BCUT2D eigenvalue weighted by atomic mass is 16.3. The minimum atomic E-state index is -0.510. The van der Waals surface area contributed by atoms with Gasteiger partial charge in [-0.25, -0.2) is 0 Å². The number of pyridine rings is 1. The van der Waals surface area contributed by atoms with Gasteiger partial charge >= 0.3 is 0 Å². The Morgan fingerprint density at radius 2 is 1.77 bits per heavy atom. The van der Waals surface area contributed by atoms with Crippen molar-refractivity contribution < 1.29 is 5.11 Å². The third kappa shape index (κ3) is 3.84. The molecule has 22 heavy (non-hydrogen) atoms. The molecule has 116 valence electrons.